The van der Waals surface area contributed by atoms with Crippen LogP contribution in [0.2, 0.25) is 0 Å². The molecule has 6 nitrogen and oxygen atoms in total. The van der Waals surface area contributed by atoms with Crippen molar-refractivity contribution < 1.29 is 23.7 Å². The molecular formula is C22H27NO5. The second kappa shape index (κ2) is 9.35. The first-order valence-electron chi connectivity index (χ1n) is 9.66. The third-order valence-electron chi connectivity index (χ3n) is 4.36. The molecule has 1 atom stereocenters. The molecule has 150 valence electrons. The first-order valence-corrected chi connectivity index (χ1v) is 9.66. The Morgan fingerprint density at radius 1 is 1.07 bits per heavy atom. The lowest BCUT2D eigenvalue weighted by molar-refractivity contribution is -0.123. The zero-order valence-electron chi connectivity index (χ0n) is 16.6. The molecule has 1 heterocycles. The van der Waals surface area contributed by atoms with Crippen LogP contribution in [0.25, 0.3) is 0 Å². The number of fused-ring (bicyclic) bond motifs is 1. The molecule has 0 spiro atoms. The highest BCUT2D eigenvalue weighted by molar-refractivity contribution is 5.77. The molecule has 1 aliphatic rings. The summed E-state index contributed by atoms with van der Waals surface area (Å²) in [7, 11) is 0. The topological polar surface area (TPSA) is 66.0 Å². The van der Waals surface area contributed by atoms with Gasteiger partial charge in [0.2, 0.25) is 0 Å². The van der Waals surface area contributed by atoms with E-state index in [0.717, 1.165) is 34.8 Å². The minimum Gasteiger partial charge on any atom is -0.494 e. The lowest BCUT2D eigenvalue weighted by Crippen LogP contribution is -2.28. The number of amides is 1. The third kappa shape index (κ3) is 5.09. The average Bonchev–Trinajstić information content (AvgIpc) is 3.05. The summed E-state index contributed by atoms with van der Waals surface area (Å²) in [4.78, 5) is 12.2. The Balaban J connectivity index is 1.54. The van der Waals surface area contributed by atoms with E-state index in [1.165, 1.54) is 0 Å². The van der Waals surface area contributed by atoms with Crippen LogP contribution < -0.4 is 24.3 Å². The Morgan fingerprint density at radius 2 is 1.75 bits per heavy atom. The average molecular weight is 385 g/mol. The van der Waals surface area contributed by atoms with E-state index < -0.39 is 0 Å². The van der Waals surface area contributed by atoms with Crippen LogP contribution in [-0.2, 0) is 17.8 Å². The molecule has 0 bridgehead atoms. The van der Waals surface area contributed by atoms with E-state index in [-0.39, 0.29) is 18.6 Å². The highest BCUT2D eigenvalue weighted by atomic mass is 16.5. The van der Waals surface area contributed by atoms with Crippen molar-refractivity contribution in [1.29, 1.82) is 0 Å². The molecule has 0 saturated heterocycles. The van der Waals surface area contributed by atoms with Gasteiger partial charge in [-0.3, -0.25) is 4.79 Å². The van der Waals surface area contributed by atoms with Crippen LogP contribution >= 0.6 is 0 Å². The second-order valence-corrected chi connectivity index (χ2v) is 6.60. The van der Waals surface area contributed by atoms with Crippen LogP contribution in [-0.4, -0.2) is 31.8 Å². The molecule has 1 aliphatic heterocycles. The molecule has 2 aromatic carbocycles. The summed E-state index contributed by atoms with van der Waals surface area (Å²) < 4.78 is 22.5. The van der Waals surface area contributed by atoms with E-state index in [0.29, 0.717) is 25.5 Å². The maximum Gasteiger partial charge on any atom is 0.258 e. The molecule has 2 aromatic rings. The lowest BCUT2D eigenvalue weighted by Gasteiger charge is -2.13. The van der Waals surface area contributed by atoms with Crippen LogP contribution in [0.3, 0.4) is 0 Å². The molecule has 0 aliphatic carbocycles. The molecule has 3 rings (SSSR count). The quantitative estimate of drug-likeness (QED) is 0.716. The number of hydrogen-bond acceptors (Lipinski definition) is 5. The number of rotatable bonds is 9. The van der Waals surface area contributed by atoms with Gasteiger partial charge in [0.1, 0.15) is 29.1 Å². The number of ether oxygens (including phenoxy) is 4. The van der Waals surface area contributed by atoms with Gasteiger partial charge in [-0.1, -0.05) is 0 Å². The summed E-state index contributed by atoms with van der Waals surface area (Å²) in [5.41, 5.74) is 2.04. The van der Waals surface area contributed by atoms with Crippen LogP contribution in [0.4, 0.5) is 0 Å². The van der Waals surface area contributed by atoms with Gasteiger partial charge < -0.3 is 24.3 Å². The summed E-state index contributed by atoms with van der Waals surface area (Å²) in [6.45, 7) is 7.39. The Kier molecular flexibility index (Phi) is 6.63. The molecule has 6 heteroatoms. The summed E-state index contributed by atoms with van der Waals surface area (Å²) >= 11 is 0. The van der Waals surface area contributed by atoms with Gasteiger partial charge in [-0.25, -0.2) is 0 Å². The summed E-state index contributed by atoms with van der Waals surface area (Å²) in [6, 6.07) is 11.2. The van der Waals surface area contributed by atoms with E-state index in [9.17, 15) is 4.79 Å². The molecule has 0 fully saturated rings. The van der Waals surface area contributed by atoms with Crippen LogP contribution in [0.5, 0.6) is 23.0 Å². The lowest BCUT2D eigenvalue weighted by atomic mass is 10.1. The fourth-order valence-electron chi connectivity index (χ4n) is 3.10. The minimum absolute atomic E-state index is 0.0591. The highest BCUT2D eigenvalue weighted by Crippen LogP contribution is 2.35. The van der Waals surface area contributed by atoms with Crippen LogP contribution in [0.15, 0.2) is 36.4 Å². The van der Waals surface area contributed by atoms with Crippen molar-refractivity contribution in [3.63, 3.8) is 0 Å². The molecule has 1 N–H and O–H groups in total. The fourth-order valence-corrected chi connectivity index (χ4v) is 3.10. The summed E-state index contributed by atoms with van der Waals surface area (Å²) in [6.07, 6.45) is 1.04. The van der Waals surface area contributed by atoms with E-state index in [4.69, 9.17) is 18.9 Å². The highest BCUT2D eigenvalue weighted by Gasteiger charge is 2.22. The Bertz CT molecular complexity index is 803. The van der Waals surface area contributed by atoms with Crippen molar-refractivity contribution in [2.75, 3.05) is 19.8 Å². The normalized spacial score (nSPS) is 14.8. The molecule has 28 heavy (non-hydrogen) atoms. The van der Waals surface area contributed by atoms with Crippen molar-refractivity contribution >= 4 is 5.91 Å². The maximum absolute atomic E-state index is 12.2. The monoisotopic (exact) mass is 385 g/mol. The van der Waals surface area contributed by atoms with Crippen molar-refractivity contribution in [2.24, 2.45) is 0 Å². The Hall–Kier alpha value is -2.89. The molecule has 0 saturated carbocycles. The van der Waals surface area contributed by atoms with Crippen molar-refractivity contribution in [3.05, 3.63) is 47.5 Å². The molecule has 1 amide bonds. The first-order chi connectivity index (χ1) is 13.6. The van der Waals surface area contributed by atoms with Crippen molar-refractivity contribution in [1.82, 2.24) is 5.32 Å². The predicted molar refractivity (Wildman–Crippen MR) is 106 cm³/mol. The third-order valence-corrected chi connectivity index (χ3v) is 4.36. The van der Waals surface area contributed by atoms with Crippen LogP contribution in [0, 0.1) is 0 Å². The van der Waals surface area contributed by atoms with Gasteiger partial charge in [-0.2, -0.15) is 0 Å². The molecule has 0 aromatic heterocycles. The number of benzene rings is 2. The van der Waals surface area contributed by atoms with Gasteiger partial charge >= 0.3 is 0 Å². The zero-order chi connectivity index (χ0) is 19.9. The van der Waals surface area contributed by atoms with E-state index in [1.54, 1.807) is 12.1 Å². The van der Waals surface area contributed by atoms with Gasteiger partial charge in [0, 0.05) is 24.1 Å². The first kappa shape index (κ1) is 19.9. The smallest absolute Gasteiger partial charge is 0.258 e. The van der Waals surface area contributed by atoms with E-state index in [2.05, 4.69) is 5.32 Å². The second-order valence-electron chi connectivity index (χ2n) is 6.60. The van der Waals surface area contributed by atoms with Gasteiger partial charge in [0.05, 0.1) is 13.2 Å². The number of nitrogens with one attached hydrogen (secondary N) is 1. The van der Waals surface area contributed by atoms with E-state index >= 15 is 0 Å². The van der Waals surface area contributed by atoms with Gasteiger partial charge in [-0.15, -0.1) is 0 Å². The van der Waals surface area contributed by atoms with Gasteiger partial charge in [0.25, 0.3) is 5.91 Å². The van der Waals surface area contributed by atoms with Crippen LogP contribution in [0.1, 0.15) is 31.9 Å². The predicted octanol–water partition coefficient (Wildman–Crippen LogP) is 3.50. The Labute approximate surface area is 165 Å². The Morgan fingerprint density at radius 3 is 2.43 bits per heavy atom. The van der Waals surface area contributed by atoms with Gasteiger partial charge in [0.15, 0.2) is 6.61 Å². The van der Waals surface area contributed by atoms with Crippen molar-refractivity contribution in [3.8, 4) is 23.0 Å². The summed E-state index contributed by atoms with van der Waals surface area (Å²) in [5.74, 6) is 2.84. The number of carbonyl (C=O) groups excluding carboxylic acids is 1. The maximum atomic E-state index is 12.2. The number of carbonyl (C=O) groups is 1. The molecule has 0 radical (unpaired) electrons. The zero-order valence-corrected chi connectivity index (χ0v) is 16.6. The summed E-state index contributed by atoms with van der Waals surface area (Å²) in [5, 5.41) is 2.88. The van der Waals surface area contributed by atoms with E-state index in [1.807, 2.05) is 45.0 Å². The molecular weight excluding hydrogens is 358 g/mol. The van der Waals surface area contributed by atoms with Gasteiger partial charge in [-0.05, 0) is 57.2 Å². The molecule has 0 unspecified atom stereocenters. The fraction of sp³-hybridized carbons (Fsp3) is 0.409. The minimum atomic E-state index is -0.203. The standard InChI is InChI=1S/C22H27NO5/c1-4-25-18-6-8-19(9-7-18)27-14-22(24)23-13-17-12-21-16(10-15(3)28-21)11-20(17)26-5-2/h6-9,11-12,15H,4-5,10,13-14H2,1-3H3,(H,23,24)/t15-/m1/s1. The number of hydrogen-bond donors (Lipinski definition) is 1. The van der Waals surface area contributed by atoms with Crippen molar-refractivity contribution in [2.45, 2.75) is 39.8 Å². The largest absolute Gasteiger partial charge is 0.494 e. The SMILES string of the molecule is CCOc1ccc(OCC(=O)NCc2cc3c(cc2OCC)C[C@@H](C)O3)cc1.